The van der Waals surface area contributed by atoms with Crippen LogP contribution in [0, 0.1) is 5.41 Å². The summed E-state index contributed by atoms with van der Waals surface area (Å²) in [6.07, 6.45) is 4.83. The molecule has 0 radical (unpaired) electrons. The Morgan fingerprint density at radius 1 is 1.38 bits per heavy atom. The van der Waals surface area contributed by atoms with E-state index in [-0.39, 0.29) is 6.03 Å². The Bertz CT molecular complexity index is 227. The Hall–Kier alpha value is -0.770. The van der Waals surface area contributed by atoms with Crippen LogP contribution >= 0.6 is 0 Å². The summed E-state index contributed by atoms with van der Waals surface area (Å²) in [7, 11) is 0. The molecule has 4 heteroatoms. The van der Waals surface area contributed by atoms with Crippen molar-refractivity contribution in [3.63, 3.8) is 0 Å². The van der Waals surface area contributed by atoms with Crippen molar-refractivity contribution in [2.75, 3.05) is 13.1 Å². The molecule has 1 aliphatic rings. The zero-order valence-electron chi connectivity index (χ0n) is 10.4. The summed E-state index contributed by atoms with van der Waals surface area (Å²) in [6, 6.07) is -0.158. The molecule has 3 N–H and O–H groups in total. The maximum absolute atomic E-state index is 11.4. The average molecular weight is 228 g/mol. The molecule has 1 atom stereocenters. The minimum atomic E-state index is -0.420. The summed E-state index contributed by atoms with van der Waals surface area (Å²) in [5.74, 6) is 0. The Balaban J connectivity index is 2.07. The van der Waals surface area contributed by atoms with Crippen LogP contribution in [0.1, 0.15) is 46.0 Å². The van der Waals surface area contributed by atoms with Gasteiger partial charge in [0.1, 0.15) is 0 Å². The quantitative estimate of drug-likeness (QED) is 0.620. The predicted molar refractivity (Wildman–Crippen MR) is 64.3 cm³/mol. The number of urea groups is 1. The molecule has 0 aromatic heterocycles. The van der Waals surface area contributed by atoms with E-state index in [1.54, 1.807) is 0 Å². The van der Waals surface area contributed by atoms with Gasteiger partial charge in [0.05, 0.1) is 6.10 Å². The third-order valence-corrected chi connectivity index (χ3v) is 3.45. The fourth-order valence-corrected chi connectivity index (χ4v) is 1.81. The van der Waals surface area contributed by atoms with Crippen LogP contribution in [0.3, 0.4) is 0 Å². The number of carbonyl (C=O) groups is 1. The highest BCUT2D eigenvalue weighted by atomic mass is 16.3. The molecule has 1 rings (SSSR count). The van der Waals surface area contributed by atoms with Crippen molar-refractivity contribution in [3.05, 3.63) is 0 Å². The van der Waals surface area contributed by atoms with Gasteiger partial charge in [0.2, 0.25) is 0 Å². The highest BCUT2D eigenvalue weighted by Gasteiger charge is 2.40. The molecular formula is C12H24N2O2. The normalized spacial score (nSPS) is 18.9. The van der Waals surface area contributed by atoms with Gasteiger partial charge in [-0.15, -0.1) is 0 Å². The summed E-state index contributed by atoms with van der Waals surface area (Å²) in [4.78, 5) is 11.4. The molecule has 1 fully saturated rings. The lowest BCUT2D eigenvalue weighted by atomic mass is 10.0. The predicted octanol–water partition coefficient (Wildman–Crippen LogP) is 1.64. The maximum atomic E-state index is 11.4. The molecule has 1 saturated carbocycles. The minimum absolute atomic E-state index is 0.158. The lowest BCUT2D eigenvalue weighted by molar-refractivity contribution is 0.160. The van der Waals surface area contributed by atoms with Crippen LogP contribution < -0.4 is 10.6 Å². The largest absolute Gasteiger partial charge is 0.391 e. The van der Waals surface area contributed by atoms with Gasteiger partial charge in [-0.25, -0.2) is 4.79 Å². The first-order chi connectivity index (χ1) is 7.62. The molecule has 0 aliphatic heterocycles. The number of amides is 2. The molecule has 0 saturated heterocycles. The standard InChI is InChI=1S/C12H24N2O2/c1-3-5-10(15)8-13-11(16)14-9-12(4-2)6-7-12/h10,15H,3-9H2,1-2H3,(H2,13,14,16). The van der Waals surface area contributed by atoms with Gasteiger partial charge in [0.25, 0.3) is 0 Å². The summed E-state index contributed by atoms with van der Waals surface area (Å²) in [6.45, 7) is 5.29. The molecule has 0 bridgehead atoms. The maximum Gasteiger partial charge on any atom is 0.314 e. The van der Waals surface area contributed by atoms with Crippen LogP contribution in [0.15, 0.2) is 0 Å². The zero-order valence-corrected chi connectivity index (χ0v) is 10.4. The summed E-state index contributed by atoms with van der Waals surface area (Å²) < 4.78 is 0. The van der Waals surface area contributed by atoms with E-state index < -0.39 is 6.10 Å². The second-order valence-electron chi connectivity index (χ2n) is 4.86. The molecular weight excluding hydrogens is 204 g/mol. The molecule has 16 heavy (non-hydrogen) atoms. The summed E-state index contributed by atoms with van der Waals surface area (Å²) in [5, 5.41) is 15.0. The third kappa shape index (κ3) is 4.39. The first-order valence-electron chi connectivity index (χ1n) is 6.31. The van der Waals surface area contributed by atoms with Crippen molar-refractivity contribution < 1.29 is 9.90 Å². The fraction of sp³-hybridized carbons (Fsp3) is 0.917. The molecule has 4 nitrogen and oxygen atoms in total. The SMILES string of the molecule is CCCC(O)CNC(=O)NCC1(CC)CC1. The number of carbonyl (C=O) groups excluding carboxylic acids is 1. The second-order valence-corrected chi connectivity index (χ2v) is 4.86. The van der Waals surface area contributed by atoms with Gasteiger partial charge in [0.15, 0.2) is 0 Å². The van der Waals surface area contributed by atoms with Crippen LogP contribution in [0.2, 0.25) is 0 Å². The van der Waals surface area contributed by atoms with Crippen molar-refractivity contribution in [3.8, 4) is 0 Å². The van der Waals surface area contributed by atoms with E-state index in [0.717, 1.165) is 25.8 Å². The van der Waals surface area contributed by atoms with E-state index in [2.05, 4.69) is 17.6 Å². The molecule has 1 aliphatic carbocycles. The number of aliphatic hydroxyl groups excluding tert-OH is 1. The summed E-state index contributed by atoms with van der Waals surface area (Å²) >= 11 is 0. The molecule has 2 amide bonds. The molecule has 1 unspecified atom stereocenters. The van der Waals surface area contributed by atoms with Crippen LogP contribution in [0.5, 0.6) is 0 Å². The van der Waals surface area contributed by atoms with E-state index in [4.69, 9.17) is 0 Å². The van der Waals surface area contributed by atoms with Gasteiger partial charge in [-0.2, -0.15) is 0 Å². The van der Waals surface area contributed by atoms with Crippen molar-refractivity contribution in [1.82, 2.24) is 10.6 Å². The number of hydrogen-bond donors (Lipinski definition) is 3. The molecule has 0 aromatic carbocycles. The molecule has 0 spiro atoms. The smallest absolute Gasteiger partial charge is 0.314 e. The van der Waals surface area contributed by atoms with E-state index in [1.807, 2.05) is 6.92 Å². The first kappa shape index (κ1) is 13.3. The van der Waals surface area contributed by atoms with Crippen LogP contribution in [-0.4, -0.2) is 30.3 Å². The van der Waals surface area contributed by atoms with E-state index >= 15 is 0 Å². The van der Waals surface area contributed by atoms with Crippen LogP contribution in [-0.2, 0) is 0 Å². The average Bonchev–Trinajstić information content (AvgIpc) is 3.05. The molecule has 0 aromatic rings. The van der Waals surface area contributed by atoms with E-state index in [0.29, 0.717) is 12.0 Å². The lowest BCUT2D eigenvalue weighted by Gasteiger charge is -2.15. The second kappa shape index (κ2) is 6.09. The highest BCUT2D eigenvalue weighted by Crippen LogP contribution is 2.47. The number of nitrogens with one attached hydrogen (secondary N) is 2. The Morgan fingerprint density at radius 2 is 2.06 bits per heavy atom. The lowest BCUT2D eigenvalue weighted by Crippen LogP contribution is -2.41. The number of hydrogen-bond acceptors (Lipinski definition) is 2. The van der Waals surface area contributed by atoms with Crippen LogP contribution in [0.25, 0.3) is 0 Å². The Labute approximate surface area is 97.8 Å². The van der Waals surface area contributed by atoms with Crippen molar-refractivity contribution in [1.29, 1.82) is 0 Å². The monoisotopic (exact) mass is 228 g/mol. The third-order valence-electron chi connectivity index (χ3n) is 3.45. The summed E-state index contributed by atoms with van der Waals surface area (Å²) in [5.41, 5.74) is 0.374. The van der Waals surface area contributed by atoms with Gasteiger partial charge < -0.3 is 15.7 Å². The van der Waals surface area contributed by atoms with Crippen LogP contribution in [0.4, 0.5) is 4.79 Å². The zero-order chi connectivity index (χ0) is 12.0. The number of aliphatic hydroxyl groups is 1. The Kier molecular flexibility index (Phi) is 5.06. The number of rotatable bonds is 7. The van der Waals surface area contributed by atoms with Crippen molar-refractivity contribution in [2.24, 2.45) is 5.41 Å². The van der Waals surface area contributed by atoms with Gasteiger partial charge in [-0.1, -0.05) is 20.3 Å². The minimum Gasteiger partial charge on any atom is -0.391 e. The highest BCUT2D eigenvalue weighted by molar-refractivity contribution is 5.73. The topological polar surface area (TPSA) is 61.4 Å². The van der Waals surface area contributed by atoms with Crippen molar-refractivity contribution >= 4 is 6.03 Å². The van der Waals surface area contributed by atoms with Gasteiger partial charge >= 0.3 is 6.03 Å². The fourth-order valence-electron chi connectivity index (χ4n) is 1.81. The Morgan fingerprint density at radius 3 is 2.56 bits per heavy atom. The molecule has 0 heterocycles. The molecule has 94 valence electrons. The van der Waals surface area contributed by atoms with Gasteiger partial charge in [0, 0.05) is 13.1 Å². The van der Waals surface area contributed by atoms with Gasteiger partial charge in [-0.05, 0) is 31.1 Å². The van der Waals surface area contributed by atoms with Crippen molar-refractivity contribution in [2.45, 2.75) is 52.1 Å². The van der Waals surface area contributed by atoms with E-state index in [9.17, 15) is 9.90 Å². The van der Waals surface area contributed by atoms with Gasteiger partial charge in [-0.3, -0.25) is 0 Å². The first-order valence-corrected chi connectivity index (χ1v) is 6.31. The van der Waals surface area contributed by atoms with E-state index in [1.165, 1.54) is 12.8 Å².